The second-order valence-corrected chi connectivity index (χ2v) is 25.8. The third-order valence-corrected chi connectivity index (χ3v) is 22.5. The predicted molar refractivity (Wildman–Crippen MR) is 281 cm³/mol. The Labute approximate surface area is 384 Å². The summed E-state index contributed by atoms with van der Waals surface area (Å²) in [5, 5.41) is 5.31. The summed E-state index contributed by atoms with van der Waals surface area (Å²) < 4.78 is 5.96. The summed E-state index contributed by atoms with van der Waals surface area (Å²) in [5.74, 6) is 5.11. The monoisotopic (exact) mass is 918 g/mol. The smallest absolute Gasteiger partial charge is 0.0712 e. The van der Waals surface area contributed by atoms with Gasteiger partial charge in [-0.3, -0.25) is 0 Å². The van der Waals surface area contributed by atoms with Gasteiger partial charge in [0.25, 0.3) is 0 Å². The van der Waals surface area contributed by atoms with Gasteiger partial charge >= 0.3 is 0 Å². The van der Waals surface area contributed by atoms with E-state index in [9.17, 15) is 0 Å². The largest absolute Gasteiger partial charge is 0.118 e. The van der Waals surface area contributed by atoms with E-state index in [1.807, 2.05) is 23.5 Å². The minimum absolute atomic E-state index is 1.21. The SMILES string of the molecule is c1ccc2cc(C3=C4SCCCCCCCCCCCCSSCCCCCCCCCCCCSC5=C(c6ccc7ccccc7c6)S/C(=C(\S4)S3)S5)ccc2c1. The molecule has 310 valence electrons. The van der Waals surface area contributed by atoms with E-state index in [2.05, 4.69) is 154 Å². The highest BCUT2D eigenvalue weighted by Crippen LogP contribution is 2.66. The third-order valence-electron chi connectivity index (χ3n) is 11.1. The fourth-order valence-electron chi connectivity index (χ4n) is 7.74. The number of fused-ring (bicyclic) bond motifs is 6. The zero-order valence-electron chi connectivity index (χ0n) is 34.3. The average molecular weight is 920 g/mol. The Balaban J connectivity index is 1.03. The maximum Gasteiger partial charge on any atom is 0.0712 e. The maximum atomic E-state index is 2.43. The lowest BCUT2D eigenvalue weighted by Gasteiger charge is -2.07. The van der Waals surface area contributed by atoms with Crippen molar-refractivity contribution in [3.8, 4) is 0 Å². The van der Waals surface area contributed by atoms with Gasteiger partial charge in [0.15, 0.2) is 0 Å². The van der Waals surface area contributed by atoms with E-state index in [1.54, 1.807) is 0 Å². The van der Waals surface area contributed by atoms with Crippen LogP contribution in [0.4, 0.5) is 0 Å². The topological polar surface area (TPSA) is 0 Å². The standard InChI is InChI=1S/C50H62S8/c1-3-7-11-15-23-35-53-54-36-24-16-12-8-4-2-6-10-14-22-34-52-48-46(44-32-30-40-26-18-20-28-42(40)38-44)56-50(58-48)49-55-45(47(57-49)51-33-21-13-9-5-1)43-31-29-39-25-17-19-27-41(39)37-43/h17-20,25-32,37-38H,1-16,21-24,33-36H2/b50-49+. The van der Waals surface area contributed by atoms with E-state index in [1.165, 1.54) is 211 Å². The molecule has 0 amide bonds. The fourth-order valence-corrected chi connectivity index (χ4v) is 18.9. The van der Waals surface area contributed by atoms with Crippen molar-refractivity contribution in [3.05, 3.63) is 113 Å². The molecule has 0 fully saturated rings. The third kappa shape index (κ3) is 14.5. The van der Waals surface area contributed by atoms with Crippen LogP contribution in [0.25, 0.3) is 31.4 Å². The van der Waals surface area contributed by atoms with Crippen molar-refractivity contribution < 1.29 is 0 Å². The van der Waals surface area contributed by atoms with Gasteiger partial charge in [0.2, 0.25) is 0 Å². The highest BCUT2D eigenvalue weighted by Gasteiger charge is 2.31. The zero-order valence-corrected chi connectivity index (χ0v) is 40.9. The predicted octanol–water partition coefficient (Wildman–Crippen LogP) is 19.7. The Bertz CT molecular complexity index is 1840. The van der Waals surface area contributed by atoms with Gasteiger partial charge in [-0.05, 0) is 82.0 Å². The normalized spacial score (nSPS) is 22.0. The summed E-state index contributed by atoms with van der Waals surface area (Å²) in [6, 6.07) is 31.9. The van der Waals surface area contributed by atoms with Gasteiger partial charge in [-0.25, -0.2) is 0 Å². The van der Waals surface area contributed by atoms with E-state index in [0.29, 0.717) is 0 Å². The second-order valence-electron chi connectivity index (χ2n) is 15.8. The molecule has 3 heterocycles. The van der Waals surface area contributed by atoms with Gasteiger partial charge in [0.1, 0.15) is 0 Å². The maximum absolute atomic E-state index is 2.43. The molecule has 4 aromatic rings. The van der Waals surface area contributed by atoms with Crippen LogP contribution in [0.5, 0.6) is 0 Å². The first-order valence-corrected chi connectivity index (χ1v) is 30.0. The van der Waals surface area contributed by atoms with E-state index < -0.39 is 0 Å². The molecule has 0 atom stereocenters. The Kier molecular flexibility index (Phi) is 20.5. The van der Waals surface area contributed by atoms with E-state index in [0.717, 1.165) is 0 Å². The van der Waals surface area contributed by atoms with Crippen LogP contribution in [0.15, 0.2) is 102 Å². The van der Waals surface area contributed by atoms with Crippen LogP contribution in [0, 0.1) is 0 Å². The molecule has 4 aromatic carbocycles. The molecule has 0 saturated heterocycles. The molecule has 0 N–H and O–H groups in total. The summed E-state index contributed by atoms with van der Waals surface area (Å²) in [4.78, 5) is 2.92. The molecule has 7 rings (SSSR count). The molecule has 0 spiro atoms. The van der Waals surface area contributed by atoms with Crippen LogP contribution in [-0.4, -0.2) is 23.0 Å². The lowest BCUT2D eigenvalue weighted by atomic mass is 10.1. The second kappa shape index (κ2) is 26.1. The Morgan fingerprint density at radius 3 is 0.983 bits per heavy atom. The van der Waals surface area contributed by atoms with Crippen molar-refractivity contribution in [2.45, 2.75) is 128 Å². The molecule has 0 unspecified atom stereocenters. The first kappa shape index (κ1) is 45.4. The number of thioether (sulfide) groups is 6. The lowest BCUT2D eigenvalue weighted by Crippen LogP contribution is -1.86. The molecule has 4 bridgehead atoms. The zero-order chi connectivity index (χ0) is 39.5. The van der Waals surface area contributed by atoms with E-state index >= 15 is 0 Å². The summed E-state index contributed by atoms with van der Waals surface area (Å²) in [6.45, 7) is 0. The number of rotatable bonds is 2. The molecule has 8 heteroatoms. The highest BCUT2D eigenvalue weighted by molar-refractivity contribution is 8.76. The molecular weight excluding hydrogens is 857 g/mol. The van der Waals surface area contributed by atoms with Gasteiger partial charge in [0.05, 0.1) is 16.9 Å². The molecule has 0 radical (unpaired) electrons. The van der Waals surface area contributed by atoms with Crippen LogP contribution in [0.3, 0.4) is 0 Å². The molecule has 0 aliphatic carbocycles. The van der Waals surface area contributed by atoms with Crippen LogP contribution >= 0.6 is 92.2 Å². The van der Waals surface area contributed by atoms with Gasteiger partial charge in [0, 0.05) is 21.3 Å². The first-order valence-electron chi connectivity index (χ1n) is 22.2. The molecule has 3 aliphatic heterocycles. The Morgan fingerprint density at radius 2 is 0.603 bits per heavy atom. The minimum atomic E-state index is 1.21. The summed E-state index contributed by atoms with van der Waals surface area (Å²) in [6.07, 6.45) is 28.0. The molecular formula is C50H62S8. The van der Waals surface area contributed by atoms with E-state index in [4.69, 9.17) is 0 Å². The minimum Gasteiger partial charge on any atom is -0.118 e. The number of benzene rings is 4. The fraction of sp³-hybridized carbons (Fsp3) is 0.480. The van der Waals surface area contributed by atoms with Crippen molar-refractivity contribution in [3.63, 3.8) is 0 Å². The van der Waals surface area contributed by atoms with E-state index in [-0.39, 0.29) is 0 Å². The van der Waals surface area contributed by atoms with Crippen molar-refractivity contribution >= 4 is 124 Å². The molecule has 0 nitrogen and oxygen atoms in total. The summed E-state index contributed by atoms with van der Waals surface area (Å²) in [7, 11) is 4.27. The lowest BCUT2D eigenvalue weighted by molar-refractivity contribution is 0.564. The summed E-state index contributed by atoms with van der Waals surface area (Å²) in [5.41, 5.74) is 2.74. The van der Waals surface area contributed by atoms with Crippen molar-refractivity contribution in [2.75, 3.05) is 23.0 Å². The Morgan fingerprint density at radius 1 is 0.276 bits per heavy atom. The van der Waals surface area contributed by atoms with Gasteiger partial charge in [-0.2, -0.15) is 0 Å². The van der Waals surface area contributed by atoms with Crippen molar-refractivity contribution in [1.29, 1.82) is 0 Å². The van der Waals surface area contributed by atoms with Crippen molar-refractivity contribution in [2.24, 2.45) is 0 Å². The number of hydrogen-bond acceptors (Lipinski definition) is 8. The Hall–Kier alpha value is -0.580. The van der Waals surface area contributed by atoms with Crippen LogP contribution < -0.4 is 0 Å². The van der Waals surface area contributed by atoms with Crippen LogP contribution in [0.1, 0.15) is 140 Å². The van der Waals surface area contributed by atoms with Gasteiger partial charge < -0.3 is 0 Å². The van der Waals surface area contributed by atoms with Crippen LogP contribution in [0.2, 0.25) is 0 Å². The van der Waals surface area contributed by atoms with Crippen molar-refractivity contribution in [1.82, 2.24) is 0 Å². The summed E-state index contributed by atoms with van der Waals surface area (Å²) >= 11 is 12.4. The van der Waals surface area contributed by atoms with Gasteiger partial charge in [-0.15, -0.1) is 23.5 Å². The molecule has 58 heavy (non-hydrogen) atoms. The van der Waals surface area contributed by atoms with Gasteiger partial charge in [-0.1, -0.05) is 244 Å². The van der Waals surface area contributed by atoms with Crippen LogP contribution in [-0.2, 0) is 0 Å². The first-order chi connectivity index (χ1) is 28.8. The number of hydrogen-bond donors (Lipinski definition) is 0. The highest BCUT2D eigenvalue weighted by atomic mass is 33.1. The molecule has 3 aliphatic rings. The quantitative estimate of drug-likeness (QED) is 0.180. The molecule has 0 saturated carbocycles. The average Bonchev–Trinajstić information content (AvgIpc) is 3.89. The molecule has 0 aromatic heterocycles.